The van der Waals surface area contributed by atoms with E-state index in [1.54, 1.807) is 0 Å². The number of nitrogens with zero attached hydrogens (tertiary/aromatic N) is 1. The zero-order chi connectivity index (χ0) is 12.9. The van der Waals surface area contributed by atoms with Gasteiger partial charge in [0.25, 0.3) is 10.2 Å². The van der Waals surface area contributed by atoms with E-state index in [0.29, 0.717) is 19.8 Å². The van der Waals surface area contributed by atoms with E-state index in [2.05, 4.69) is 4.72 Å². The SMILES string of the molecule is CN(CCC(=O)O)S(=O)(=O)NCC1CCOC1. The number of hydrogen-bond acceptors (Lipinski definition) is 4. The maximum Gasteiger partial charge on any atom is 0.304 e. The van der Waals surface area contributed by atoms with E-state index in [4.69, 9.17) is 9.84 Å². The monoisotopic (exact) mass is 266 g/mol. The van der Waals surface area contributed by atoms with Gasteiger partial charge in [-0.25, -0.2) is 4.72 Å². The van der Waals surface area contributed by atoms with Gasteiger partial charge in [0.05, 0.1) is 13.0 Å². The fourth-order valence-electron chi connectivity index (χ4n) is 1.45. The molecule has 1 aliphatic rings. The molecule has 2 N–H and O–H groups in total. The molecule has 0 aromatic rings. The van der Waals surface area contributed by atoms with Crippen LogP contribution in [0.1, 0.15) is 12.8 Å². The Labute approximate surface area is 101 Å². The lowest BCUT2D eigenvalue weighted by atomic mass is 10.1. The van der Waals surface area contributed by atoms with Crippen LogP contribution in [-0.4, -0.2) is 57.1 Å². The summed E-state index contributed by atoms with van der Waals surface area (Å²) < 4.78 is 32.0. The molecule has 17 heavy (non-hydrogen) atoms. The summed E-state index contributed by atoms with van der Waals surface area (Å²) in [6.07, 6.45) is 0.644. The average molecular weight is 266 g/mol. The van der Waals surface area contributed by atoms with Crippen LogP contribution in [-0.2, 0) is 19.7 Å². The van der Waals surface area contributed by atoms with Gasteiger partial charge >= 0.3 is 5.97 Å². The topological polar surface area (TPSA) is 95.9 Å². The van der Waals surface area contributed by atoms with E-state index in [1.807, 2.05) is 0 Å². The maximum absolute atomic E-state index is 11.7. The Bertz CT molecular complexity index is 350. The molecule has 1 heterocycles. The van der Waals surface area contributed by atoms with E-state index in [0.717, 1.165) is 10.7 Å². The van der Waals surface area contributed by atoms with Gasteiger partial charge in [0.2, 0.25) is 0 Å². The van der Waals surface area contributed by atoms with Gasteiger partial charge < -0.3 is 9.84 Å². The lowest BCUT2D eigenvalue weighted by Crippen LogP contribution is -2.41. The molecular weight excluding hydrogens is 248 g/mol. The Morgan fingerprint density at radius 1 is 1.59 bits per heavy atom. The molecule has 1 rings (SSSR count). The Hall–Kier alpha value is -0.700. The van der Waals surface area contributed by atoms with Crippen LogP contribution in [0.2, 0.25) is 0 Å². The zero-order valence-electron chi connectivity index (χ0n) is 9.76. The molecule has 0 radical (unpaired) electrons. The van der Waals surface area contributed by atoms with Crippen molar-refractivity contribution in [3.63, 3.8) is 0 Å². The number of carbonyl (C=O) groups is 1. The van der Waals surface area contributed by atoms with E-state index in [-0.39, 0.29) is 18.9 Å². The molecule has 7 nitrogen and oxygen atoms in total. The molecule has 0 amide bonds. The van der Waals surface area contributed by atoms with Crippen LogP contribution in [0.15, 0.2) is 0 Å². The number of ether oxygens (including phenoxy) is 1. The third-order valence-electron chi connectivity index (χ3n) is 2.63. The predicted molar refractivity (Wildman–Crippen MR) is 60.7 cm³/mol. The summed E-state index contributed by atoms with van der Waals surface area (Å²) in [6.45, 7) is 1.54. The third-order valence-corrected chi connectivity index (χ3v) is 4.16. The third kappa shape index (κ3) is 4.99. The van der Waals surface area contributed by atoms with Crippen molar-refractivity contribution in [1.29, 1.82) is 0 Å². The molecule has 8 heteroatoms. The second-order valence-corrected chi connectivity index (χ2v) is 5.91. The first kappa shape index (κ1) is 14.4. The van der Waals surface area contributed by atoms with Crippen molar-refractivity contribution in [2.75, 3.05) is 33.4 Å². The van der Waals surface area contributed by atoms with Gasteiger partial charge in [0.15, 0.2) is 0 Å². The highest BCUT2D eigenvalue weighted by atomic mass is 32.2. The lowest BCUT2D eigenvalue weighted by Gasteiger charge is -2.18. The first-order valence-corrected chi connectivity index (χ1v) is 6.86. The molecule has 1 aliphatic heterocycles. The van der Waals surface area contributed by atoms with Gasteiger partial charge in [-0.2, -0.15) is 12.7 Å². The van der Waals surface area contributed by atoms with Gasteiger partial charge in [-0.3, -0.25) is 4.79 Å². The second kappa shape index (κ2) is 6.29. The van der Waals surface area contributed by atoms with Crippen LogP contribution in [0, 0.1) is 5.92 Å². The molecule has 100 valence electrons. The van der Waals surface area contributed by atoms with Crippen LogP contribution in [0.4, 0.5) is 0 Å². The molecule has 1 saturated heterocycles. The van der Waals surface area contributed by atoms with E-state index in [1.165, 1.54) is 7.05 Å². The average Bonchev–Trinajstić information content (AvgIpc) is 2.75. The second-order valence-electron chi connectivity index (χ2n) is 4.05. The Balaban J connectivity index is 2.35. The number of aliphatic carboxylic acids is 1. The van der Waals surface area contributed by atoms with E-state index < -0.39 is 16.2 Å². The molecule has 0 aromatic heterocycles. The predicted octanol–water partition coefficient (Wildman–Crippen LogP) is -0.736. The molecule has 0 aromatic carbocycles. The molecule has 0 aliphatic carbocycles. The zero-order valence-corrected chi connectivity index (χ0v) is 10.6. The van der Waals surface area contributed by atoms with Crippen molar-refractivity contribution < 1.29 is 23.1 Å². The highest BCUT2D eigenvalue weighted by molar-refractivity contribution is 7.87. The summed E-state index contributed by atoms with van der Waals surface area (Å²) in [5, 5.41) is 8.47. The van der Waals surface area contributed by atoms with E-state index in [9.17, 15) is 13.2 Å². The van der Waals surface area contributed by atoms with Crippen molar-refractivity contribution in [2.24, 2.45) is 5.92 Å². The first-order chi connectivity index (χ1) is 7.92. The molecule has 0 saturated carbocycles. The van der Waals surface area contributed by atoms with Gasteiger partial charge in [0, 0.05) is 26.7 Å². The minimum absolute atomic E-state index is 0.0359. The Morgan fingerprint density at radius 3 is 2.82 bits per heavy atom. The van der Waals surface area contributed by atoms with Gasteiger partial charge in [-0.1, -0.05) is 0 Å². The normalized spacial score (nSPS) is 20.9. The van der Waals surface area contributed by atoms with Crippen LogP contribution in [0.3, 0.4) is 0 Å². The van der Waals surface area contributed by atoms with Crippen molar-refractivity contribution in [1.82, 2.24) is 9.03 Å². The summed E-state index contributed by atoms with van der Waals surface area (Å²) in [7, 11) is -2.22. The minimum atomic E-state index is -3.58. The molecule has 1 unspecified atom stereocenters. The number of carboxylic acids is 1. The minimum Gasteiger partial charge on any atom is -0.481 e. The smallest absolute Gasteiger partial charge is 0.304 e. The number of rotatable bonds is 7. The molecule has 1 fully saturated rings. The standard InChI is InChI=1S/C9H18N2O5S/c1-11(4-2-9(12)13)17(14,15)10-6-8-3-5-16-7-8/h8,10H,2-7H2,1H3,(H,12,13). The van der Waals surface area contributed by atoms with Crippen LogP contribution in [0.5, 0.6) is 0 Å². The van der Waals surface area contributed by atoms with Crippen molar-refractivity contribution in [3.8, 4) is 0 Å². The van der Waals surface area contributed by atoms with Gasteiger partial charge in [0.1, 0.15) is 0 Å². The first-order valence-electron chi connectivity index (χ1n) is 5.42. The molecule has 0 bridgehead atoms. The van der Waals surface area contributed by atoms with Gasteiger partial charge in [-0.15, -0.1) is 0 Å². The van der Waals surface area contributed by atoms with Crippen LogP contribution < -0.4 is 4.72 Å². The Morgan fingerprint density at radius 2 is 2.29 bits per heavy atom. The number of carboxylic acid groups (broad SMARTS) is 1. The van der Waals surface area contributed by atoms with Crippen molar-refractivity contribution in [2.45, 2.75) is 12.8 Å². The number of hydrogen-bond donors (Lipinski definition) is 2. The van der Waals surface area contributed by atoms with Crippen LogP contribution >= 0.6 is 0 Å². The quantitative estimate of drug-likeness (QED) is 0.633. The largest absolute Gasteiger partial charge is 0.481 e. The summed E-state index contributed by atoms with van der Waals surface area (Å²) in [5.74, 6) is -0.811. The molecular formula is C9H18N2O5S. The van der Waals surface area contributed by atoms with Crippen molar-refractivity contribution >= 4 is 16.2 Å². The number of nitrogens with one attached hydrogen (secondary N) is 1. The summed E-state index contributed by atoms with van der Waals surface area (Å²) >= 11 is 0. The summed E-state index contributed by atoms with van der Waals surface area (Å²) in [5.41, 5.74) is 0. The highest BCUT2D eigenvalue weighted by Gasteiger charge is 2.22. The van der Waals surface area contributed by atoms with Crippen LogP contribution in [0.25, 0.3) is 0 Å². The summed E-state index contributed by atoms with van der Waals surface area (Å²) in [6, 6.07) is 0. The maximum atomic E-state index is 11.7. The van der Waals surface area contributed by atoms with E-state index >= 15 is 0 Å². The Kier molecular flexibility index (Phi) is 5.31. The fraction of sp³-hybridized carbons (Fsp3) is 0.889. The van der Waals surface area contributed by atoms with Crippen molar-refractivity contribution in [3.05, 3.63) is 0 Å². The molecule has 1 atom stereocenters. The summed E-state index contributed by atoms with van der Waals surface area (Å²) in [4.78, 5) is 10.3. The molecule has 0 spiro atoms. The fourth-order valence-corrected chi connectivity index (χ4v) is 2.45. The highest BCUT2D eigenvalue weighted by Crippen LogP contribution is 2.11. The van der Waals surface area contributed by atoms with Gasteiger partial charge in [-0.05, 0) is 12.3 Å². The lowest BCUT2D eigenvalue weighted by molar-refractivity contribution is -0.137.